The van der Waals surface area contributed by atoms with E-state index >= 15 is 0 Å². The first-order chi connectivity index (χ1) is 7.07. The van der Waals surface area contributed by atoms with Crippen molar-refractivity contribution in [3.63, 3.8) is 0 Å². The van der Waals surface area contributed by atoms with E-state index in [1.54, 1.807) is 18.0 Å². The van der Waals surface area contributed by atoms with Gasteiger partial charge in [-0.1, -0.05) is 0 Å². The highest BCUT2D eigenvalue weighted by atomic mass is 16.5. The molecule has 1 N–H and O–H groups in total. The van der Waals surface area contributed by atoms with Gasteiger partial charge in [-0.05, 0) is 13.5 Å². The van der Waals surface area contributed by atoms with Gasteiger partial charge in [-0.3, -0.25) is 4.68 Å². The Labute approximate surface area is 89.3 Å². The third kappa shape index (κ3) is 1.61. The van der Waals surface area contributed by atoms with Gasteiger partial charge in [-0.2, -0.15) is 5.10 Å². The minimum absolute atomic E-state index is 0.628. The maximum absolute atomic E-state index is 10.5. The fraction of sp³-hybridized carbons (Fsp3) is 0.700. The Balaban J connectivity index is 2.39. The van der Waals surface area contributed by atoms with Crippen LogP contribution in [0.2, 0.25) is 0 Å². The first kappa shape index (κ1) is 10.4. The van der Waals surface area contributed by atoms with Crippen LogP contribution in [0, 0.1) is 0 Å². The highest BCUT2D eigenvalue weighted by Crippen LogP contribution is 2.36. The number of aromatic nitrogens is 2. The molecule has 1 saturated heterocycles. The van der Waals surface area contributed by atoms with Crippen LogP contribution in [-0.2, 0) is 12.6 Å². The molecule has 1 aliphatic rings. The topological polar surface area (TPSA) is 50.5 Å². The van der Waals surface area contributed by atoms with Crippen LogP contribution in [0.3, 0.4) is 0 Å². The van der Waals surface area contributed by atoms with E-state index in [2.05, 4.69) is 10.00 Å². The van der Waals surface area contributed by atoms with Crippen LogP contribution in [-0.4, -0.2) is 47.0 Å². The fourth-order valence-corrected chi connectivity index (χ4v) is 2.27. The highest BCUT2D eigenvalue weighted by Gasteiger charge is 2.40. The van der Waals surface area contributed by atoms with Gasteiger partial charge < -0.3 is 14.7 Å². The summed E-state index contributed by atoms with van der Waals surface area (Å²) < 4.78 is 6.91. The van der Waals surface area contributed by atoms with Crippen molar-refractivity contribution >= 4 is 0 Å². The second kappa shape index (κ2) is 3.50. The lowest BCUT2D eigenvalue weighted by Gasteiger charge is -2.23. The van der Waals surface area contributed by atoms with Gasteiger partial charge in [0.15, 0.2) is 5.75 Å². The lowest BCUT2D eigenvalue weighted by Crippen LogP contribution is -2.32. The zero-order valence-corrected chi connectivity index (χ0v) is 9.40. The van der Waals surface area contributed by atoms with Crippen molar-refractivity contribution in [3.05, 3.63) is 11.9 Å². The van der Waals surface area contributed by atoms with Crippen LogP contribution >= 0.6 is 0 Å². The Morgan fingerprint density at radius 3 is 2.80 bits per heavy atom. The van der Waals surface area contributed by atoms with Gasteiger partial charge in [-0.15, -0.1) is 0 Å². The zero-order valence-electron chi connectivity index (χ0n) is 9.40. The summed E-state index contributed by atoms with van der Waals surface area (Å²) in [4.78, 5) is 2.10. The van der Waals surface area contributed by atoms with Crippen molar-refractivity contribution in [3.8, 4) is 5.75 Å². The molecule has 2 heterocycles. The van der Waals surface area contributed by atoms with E-state index in [4.69, 9.17) is 4.74 Å². The summed E-state index contributed by atoms with van der Waals surface area (Å²) in [6, 6.07) is 0. The average Bonchev–Trinajstić information content (AvgIpc) is 2.71. The molecule has 84 valence electrons. The number of rotatable bonds is 2. The Kier molecular flexibility index (Phi) is 2.44. The third-order valence-corrected chi connectivity index (χ3v) is 3.00. The number of hydrogen-bond donors (Lipinski definition) is 1. The number of likely N-dealkylation sites (tertiary alicyclic amines) is 1. The molecule has 0 saturated carbocycles. The third-order valence-electron chi connectivity index (χ3n) is 3.00. The molecule has 1 atom stereocenters. The molecule has 0 aliphatic carbocycles. The van der Waals surface area contributed by atoms with Crippen LogP contribution in [0.25, 0.3) is 0 Å². The molecule has 0 spiro atoms. The van der Waals surface area contributed by atoms with E-state index in [1.807, 2.05) is 14.1 Å². The summed E-state index contributed by atoms with van der Waals surface area (Å²) in [5.41, 5.74) is -0.0555. The molecule has 5 nitrogen and oxygen atoms in total. The predicted molar refractivity (Wildman–Crippen MR) is 55.8 cm³/mol. The molecular formula is C10H17N3O2. The van der Waals surface area contributed by atoms with E-state index in [0.717, 1.165) is 18.7 Å². The van der Waals surface area contributed by atoms with Crippen molar-refractivity contribution < 1.29 is 9.84 Å². The van der Waals surface area contributed by atoms with Gasteiger partial charge in [0, 0.05) is 20.1 Å². The number of aliphatic hydroxyl groups is 1. The summed E-state index contributed by atoms with van der Waals surface area (Å²) in [7, 11) is 5.43. The molecule has 2 rings (SSSR count). The van der Waals surface area contributed by atoms with Crippen molar-refractivity contribution in [1.82, 2.24) is 14.7 Å². The maximum Gasteiger partial charge on any atom is 0.162 e. The van der Waals surface area contributed by atoms with Crippen LogP contribution in [0.15, 0.2) is 6.20 Å². The number of β-amino-alcohol motifs (C(OH)–C–C–N with tert-alkyl or cyclic N) is 1. The van der Waals surface area contributed by atoms with Crippen molar-refractivity contribution in [2.24, 2.45) is 7.05 Å². The van der Waals surface area contributed by atoms with E-state index in [1.165, 1.54) is 0 Å². The SMILES string of the molecule is COc1cnn(C)c1C1(O)CCN(C)C1. The quantitative estimate of drug-likeness (QED) is 0.745. The Hall–Kier alpha value is -1.07. The summed E-state index contributed by atoms with van der Waals surface area (Å²) in [6.45, 7) is 1.52. The second-order valence-corrected chi connectivity index (χ2v) is 4.20. The maximum atomic E-state index is 10.5. The number of ether oxygens (including phenoxy) is 1. The molecule has 1 aliphatic heterocycles. The number of methoxy groups -OCH3 is 1. The average molecular weight is 211 g/mol. The van der Waals surface area contributed by atoms with Crippen LogP contribution in [0.4, 0.5) is 0 Å². The van der Waals surface area contributed by atoms with Gasteiger partial charge >= 0.3 is 0 Å². The number of nitrogens with zero attached hydrogens (tertiary/aromatic N) is 3. The van der Waals surface area contributed by atoms with Gasteiger partial charge in [-0.25, -0.2) is 0 Å². The molecule has 1 fully saturated rings. The molecule has 0 bridgehead atoms. The van der Waals surface area contributed by atoms with Crippen LogP contribution < -0.4 is 4.74 Å². The predicted octanol–water partition coefficient (Wildman–Crippen LogP) is -0.0482. The van der Waals surface area contributed by atoms with E-state index in [9.17, 15) is 5.11 Å². The fourth-order valence-electron chi connectivity index (χ4n) is 2.27. The molecule has 15 heavy (non-hydrogen) atoms. The van der Waals surface area contributed by atoms with Crippen molar-refractivity contribution in [2.75, 3.05) is 27.2 Å². The smallest absolute Gasteiger partial charge is 0.162 e. The minimum atomic E-state index is -0.828. The largest absolute Gasteiger partial charge is 0.493 e. The number of hydrogen-bond acceptors (Lipinski definition) is 4. The molecular weight excluding hydrogens is 194 g/mol. The van der Waals surface area contributed by atoms with Crippen molar-refractivity contribution in [2.45, 2.75) is 12.0 Å². The zero-order chi connectivity index (χ0) is 11.1. The van der Waals surface area contributed by atoms with Crippen molar-refractivity contribution in [1.29, 1.82) is 0 Å². The summed E-state index contributed by atoms with van der Waals surface area (Å²) in [5.74, 6) is 0.662. The van der Waals surface area contributed by atoms with E-state index in [0.29, 0.717) is 12.3 Å². The summed E-state index contributed by atoms with van der Waals surface area (Å²) in [6.07, 6.45) is 2.37. The number of aryl methyl sites for hydroxylation is 1. The molecule has 0 amide bonds. The van der Waals surface area contributed by atoms with E-state index < -0.39 is 5.60 Å². The van der Waals surface area contributed by atoms with Gasteiger partial charge in [0.25, 0.3) is 0 Å². The summed E-state index contributed by atoms with van der Waals surface area (Å²) in [5, 5.41) is 14.6. The van der Waals surface area contributed by atoms with Crippen LogP contribution in [0.1, 0.15) is 12.1 Å². The molecule has 1 aromatic rings. The molecule has 0 aromatic carbocycles. The Bertz CT molecular complexity index is 364. The molecule has 1 unspecified atom stereocenters. The lowest BCUT2D eigenvalue weighted by atomic mass is 9.98. The first-order valence-corrected chi connectivity index (χ1v) is 5.04. The van der Waals surface area contributed by atoms with E-state index in [-0.39, 0.29) is 0 Å². The monoisotopic (exact) mass is 211 g/mol. The molecule has 5 heteroatoms. The Morgan fingerprint density at radius 2 is 2.27 bits per heavy atom. The normalized spacial score (nSPS) is 27.2. The second-order valence-electron chi connectivity index (χ2n) is 4.20. The van der Waals surface area contributed by atoms with Crippen LogP contribution in [0.5, 0.6) is 5.75 Å². The first-order valence-electron chi connectivity index (χ1n) is 5.04. The standard InChI is InChI=1S/C10H17N3O2/c1-12-5-4-10(14,7-12)9-8(15-3)6-11-13(9)2/h6,14H,4-5,7H2,1-3H3. The van der Waals surface area contributed by atoms with Gasteiger partial charge in [0.1, 0.15) is 11.3 Å². The van der Waals surface area contributed by atoms with Gasteiger partial charge in [0.05, 0.1) is 13.3 Å². The lowest BCUT2D eigenvalue weighted by molar-refractivity contribution is 0.0381. The Morgan fingerprint density at radius 1 is 1.53 bits per heavy atom. The molecule has 0 radical (unpaired) electrons. The van der Waals surface area contributed by atoms with Gasteiger partial charge in [0.2, 0.25) is 0 Å². The minimum Gasteiger partial charge on any atom is -0.493 e. The number of likely N-dealkylation sites (N-methyl/N-ethyl adjacent to an activating group) is 1. The highest BCUT2D eigenvalue weighted by molar-refractivity contribution is 5.32. The molecule has 1 aromatic heterocycles. The summed E-state index contributed by atoms with van der Waals surface area (Å²) >= 11 is 0.